The van der Waals surface area contributed by atoms with Crippen molar-refractivity contribution in [2.24, 2.45) is 17.6 Å². The Morgan fingerprint density at radius 2 is 2.05 bits per heavy atom. The summed E-state index contributed by atoms with van der Waals surface area (Å²) in [6.45, 7) is 4.85. The predicted molar refractivity (Wildman–Crippen MR) is 139 cm³/mol. The molecule has 3 heterocycles. The molecule has 1 aromatic heterocycles. The first kappa shape index (κ1) is 28.1. The molecule has 2 aromatic rings. The highest BCUT2D eigenvalue weighted by Gasteiger charge is 2.54. The number of fused-ring (bicyclic) bond motifs is 1. The van der Waals surface area contributed by atoms with Crippen molar-refractivity contribution in [1.29, 1.82) is 0 Å². The van der Waals surface area contributed by atoms with Gasteiger partial charge >= 0.3 is 11.9 Å². The van der Waals surface area contributed by atoms with E-state index < -0.39 is 40.6 Å². The Kier molecular flexibility index (Phi) is 7.96. The number of carbonyl (C=O) groups is 4. The Balaban J connectivity index is 1.53. The topological polar surface area (TPSA) is 189 Å². The second kappa shape index (κ2) is 11.1. The van der Waals surface area contributed by atoms with Gasteiger partial charge in [0.15, 0.2) is 5.71 Å². The summed E-state index contributed by atoms with van der Waals surface area (Å²) >= 11 is 2.54. The number of thioether (sulfide) groups is 2. The Bertz CT molecular complexity index is 1400. The third-order valence-electron chi connectivity index (χ3n) is 5.66. The molecule has 16 heteroatoms. The number of amides is 2. The number of nitrogens with one attached hydrogen (secondary N) is 1. The van der Waals surface area contributed by atoms with Crippen LogP contribution in [-0.2, 0) is 31.1 Å². The lowest BCUT2D eigenvalue weighted by Crippen LogP contribution is -2.71. The van der Waals surface area contributed by atoms with Crippen molar-refractivity contribution in [3.05, 3.63) is 41.1 Å². The van der Waals surface area contributed by atoms with Gasteiger partial charge in [0.25, 0.3) is 11.8 Å². The summed E-state index contributed by atoms with van der Waals surface area (Å²) in [5.74, 6) is -2.99. The number of carbonyl (C=O) groups excluding carboxylic acids is 3. The maximum absolute atomic E-state index is 13.2. The van der Waals surface area contributed by atoms with Gasteiger partial charge in [0.1, 0.15) is 22.9 Å². The summed E-state index contributed by atoms with van der Waals surface area (Å²) in [6.07, 6.45) is 0. The number of benzene rings is 1. The number of phenolic OH excluding ortho intramolecular Hbond substituents is 1. The van der Waals surface area contributed by atoms with Gasteiger partial charge in [-0.25, -0.2) is 14.3 Å². The number of tetrazole rings is 1. The molecular weight excluding hydrogens is 550 g/mol. The van der Waals surface area contributed by atoms with Gasteiger partial charge < -0.3 is 20.4 Å². The zero-order valence-corrected chi connectivity index (χ0v) is 22.9. The number of hydrogen-bond acceptors (Lipinski definition) is 12. The van der Waals surface area contributed by atoms with E-state index in [-0.39, 0.29) is 28.5 Å². The van der Waals surface area contributed by atoms with E-state index in [0.29, 0.717) is 16.5 Å². The molecule has 14 nitrogen and oxygen atoms in total. The van der Waals surface area contributed by atoms with Crippen LogP contribution in [0, 0.1) is 5.41 Å². The molecule has 2 amide bonds. The van der Waals surface area contributed by atoms with E-state index in [1.807, 2.05) is 0 Å². The fraction of sp³-hybridized carbons (Fsp3) is 0.391. The number of aryl methyl sites for hydroxylation is 1. The molecule has 39 heavy (non-hydrogen) atoms. The molecule has 1 fully saturated rings. The first-order valence-corrected chi connectivity index (χ1v) is 13.6. The molecule has 1 aromatic carbocycles. The number of hydrogen-bond donors (Lipinski definition) is 3. The van der Waals surface area contributed by atoms with Gasteiger partial charge in [-0.2, -0.15) is 0 Å². The molecule has 4 rings (SSSR count). The number of carboxylic acids is 1. The van der Waals surface area contributed by atoms with Crippen molar-refractivity contribution >= 4 is 53.0 Å². The minimum atomic E-state index is -1.26. The molecule has 0 aliphatic carbocycles. The van der Waals surface area contributed by atoms with Crippen LogP contribution in [0.5, 0.6) is 5.75 Å². The van der Waals surface area contributed by atoms with Crippen LogP contribution in [0.2, 0.25) is 0 Å². The van der Waals surface area contributed by atoms with Gasteiger partial charge in [0, 0.05) is 24.1 Å². The third-order valence-corrected chi connectivity index (χ3v) is 8.10. The number of aromatic nitrogens is 4. The molecule has 0 bridgehead atoms. The van der Waals surface area contributed by atoms with Crippen molar-refractivity contribution in [1.82, 2.24) is 30.4 Å². The lowest BCUT2D eigenvalue weighted by Gasteiger charge is -2.49. The lowest BCUT2D eigenvalue weighted by molar-refractivity contribution is -0.153. The number of β-lactam (4-membered cyclic amide) rings is 1. The Hall–Kier alpha value is -3.92. The Morgan fingerprint density at radius 3 is 2.67 bits per heavy atom. The van der Waals surface area contributed by atoms with Crippen LogP contribution >= 0.6 is 23.5 Å². The number of aromatic hydroxyl groups is 1. The summed E-state index contributed by atoms with van der Waals surface area (Å²) in [4.78, 5) is 56.8. The summed E-state index contributed by atoms with van der Waals surface area (Å²) in [7, 11) is 1.66. The van der Waals surface area contributed by atoms with Gasteiger partial charge in [-0.05, 0) is 48.9 Å². The second-order valence-corrected chi connectivity index (χ2v) is 11.7. The van der Waals surface area contributed by atoms with E-state index in [1.165, 1.54) is 52.5 Å². The lowest BCUT2D eigenvalue weighted by atomic mass is 9.98. The number of aliphatic carboxylic acids is 1. The van der Waals surface area contributed by atoms with E-state index in [4.69, 9.17) is 4.84 Å². The minimum absolute atomic E-state index is 0.141. The Labute approximate surface area is 230 Å². The highest BCUT2D eigenvalue weighted by molar-refractivity contribution is 8.01. The normalized spacial score (nSPS) is 19.3. The van der Waals surface area contributed by atoms with Crippen LogP contribution in [0.15, 0.2) is 45.8 Å². The SMILES string of the molecule is Cn1nnnc1SCC1=C(C(=O)O)N2C(=O)C(NC(=O)/C(=N/OC(=O)C(C)(C)C)c3cccc(O)c3)[C@H]2SC1. The van der Waals surface area contributed by atoms with Crippen molar-refractivity contribution in [2.75, 3.05) is 11.5 Å². The average Bonchev–Trinajstić information content (AvgIpc) is 3.29. The van der Waals surface area contributed by atoms with Crippen LogP contribution in [0.4, 0.5) is 0 Å². The van der Waals surface area contributed by atoms with Gasteiger partial charge in [-0.15, -0.1) is 16.9 Å². The minimum Gasteiger partial charge on any atom is -0.508 e. The number of rotatable bonds is 8. The van der Waals surface area contributed by atoms with Crippen LogP contribution < -0.4 is 5.32 Å². The average molecular weight is 576 g/mol. The highest BCUT2D eigenvalue weighted by Crippen LogP contribution is 2.41. The van der Waals surface area contributed by atoms with Gasteiger partial charge in [-0.3, -0.25) is 14.5 Å². The van der Waals surface area contributed by atoms with Crippen LogP contribution in [0.25, 0.3) is 0 Å². The summed E-state index contributed by atoms with van der Waals surface area (Å²) in [5, 5.41) is 37.1. The van der Waals surface area contributed by atoms with Gasteiger partial charge in [0.2, 0.25) is 5.16 Å². The first-order valence-electron chi connectivity index (χ1n) is 11.5. The van der Waals surface area contributed by atoms with Crippen LogP contribution in [0.1, 0.15) is 26.3 Å². The number of phenols is 1. The van der Waals surface area contributed by atoms with E-state index in [0.717, 1.165) is 4.90 Å². The summed E-state index contributed by atoms with van der Waals surface area (Å²) < 4.78 is 1.45. The molecule has 2 atom stereocenters. The quantitative estimate of drug-likeness (QED) is 0.132. The highest BCUT2D eigenvalue weighted by atomic mass is 32.2. The summed E-state index contributed by atoms with van der Waals surface area (Å²) in [6, 6.07) is 4.56. The van der Waals surface area contributed by atoms with Crippen molar-refractivity contribution in [3.63, 3.8) is 0 Å². The van der Waals surface area contributed by atoms with Crippen molar-refractivity contribution in [2.45, 2.75) is 37.3 Å². The monoisotopic (exact) mass is 575 g/mol. The van der Waals surface area contributed by atoms with Crippen LogP contribution in [0.3, 0.4) is 0 Å². The molecular formula is C23H25N7O7S2. The molecule has 0 spiro atoms. The van der Waals surface area contributed by atoms with Crippen molar-refractivity contribution < 1.29 is 34.2 Å². The smallest absolute Gasteiger partial charge is 0.352 e. The summed E-state index contributed by atoms with van der Waals surface area (Å²) in [5.41, 5.74) is -0.702. The standard InChI is InChI=1S/C23H25N7O7S2/c1-23(2,3)21(36)37-26-14(11-6-5-7-13(31)8-11)17(32)24-15-18(33)30-16(20(34)35)12(9-38-19(15)30)10-39-22-25-27-28-29(22)4/h5-8,15,19,31H,9-10H2,1-4H3,(H,24,32)(H,34,35)/b26-14+/t15?,19-/m1/s1. The molecule has 206 valence electrons. The second-order valence-electron chi connectivity index (χ2n) is 9.61. The van der Waals surface area contributed by atoms with Gasteiger partial charge in [0.05, 0.1) is 5.41 Å². The largest absolute Gasteiger partial charge is 0.508 e. The first-order chi connectivity index (χ1) is 18.4. The molecule has 2 aliphatic heterocycles. The third kappa shape index (κ3) is 5.90. The van der Waals surface area contributed by atoms with E-state index in [1.54, 1.807) is 27.8 Å². The molecule has 0 saturated carbocycles. The fourth-order valence-electron chi connectivity index (χ4n) is 3.60. The molecule has 2 aliphatic rings. The zero-order chi connectivity index (χ0) is 28.5. The van der Waals surface area contributed by atoms with E-state index >= 15 is 0 Å². The van der Waals surface area contributed by atoms with Gasteiger partial charge in [-0.1, -0.05) is 29.1 Å². The van der Waals surface area contributed by atoms with Crippen molar-refractivity contribution in [3.8, 4) is 5.75 Å². The molecule has 1 saturated heterocycles. The number of nitrogens with zero attached hydrogens (tertiary/aromatic N) is 6. The maximum atomic E-state index is 13.2. The molecule has 1 unspecified atom stereocenters. The molecule has 3 N–H and O–H groups in total. The van der Waals surface area contributed by atoms with E-state index in [2.05, 4.69) is 26.0 Å². The zero-order valence-electron chi connectivity index (χ0n) is 21.3. The predicted octanol–water partition coefficient (Wildman–Crippen LogP) is 0.740. The number of oxime groups is 1. The Morgan fingerprint density at radius 1 is 1.31 bits per heavy atom. The molecule has 0 radical (unpaired) electrons. The maximum Gasteiger partial charge on any atom is 0.352 e. The van der Waals surface area contributed by atoms with E-state index in [9.17, 15) is 29.4 Å². The van der Waals surface area contributed by atoms with Crippen LogP contribution in [-0.4, -0.2) is 87.7 Å². The number of carboxylic acid groups (broad SMARTS) is 1. The fourth-order valence-corrected chi connectivity index (χ4v) is 5.94.